The van der Waals surface area contributed by atoms with Crippen molar-refractivity contribution in [2.75, 3.05) is 32.8 Å². The Morgan fingerprint density at radius 1 is 0.731 bits per heavy atom. The maximum atomic E-state index is 14.2. The zero-order chi connectivity index (χ0) is 37.7. The van der Waals surface area contributed by atoms with Crippen molar-refractivity contribution in [1.29, 1.82) is 0 Å². The Bertz CT molecular complexity index is 1470. The normalized spacial score (nSPS) is 17.9. The summed E-state index contributed by atoms with van der Waals surface area (Å²) in [5.41, 5.74) is 1.60. The Balaban J connectivity index is 1.51. The number of amides is 2. The Morgan fingerprint density at radius 2 is 1.27 bits per heavy atom. The van der Waals surface area contributed by atoms with E-state index in [9.17, 15) is 24.0 Å². The van der Waals surface area contributed by atoms with Crippen LogP contribution < -0.4 is 10.6 Å². The zero-order valence-corrected chi connectivity index (χ0v) is 32.0. The van der Waals surface area contributed by atoms with Gasteiger partial charge in [0.1, 0.15) is 5.78 Å². The Labute approximate surface area is 311 Å². The molecule has 2 N–H and O–H groups in total. The van der Waals surface area contributed by atoms with Crippen molar-refractivity contribution in [2.24, 2.45) is 29.1 Å². The van der Waals surface area contributed by atoms with Gasteiger partial charge in [-0.1, -0.05) is 95.3 Å². The van der Waals surface area contributed by atoms with Crippen molar-refractivity contribution >= 4 is 29.2 Å². The highest BCUT2D eigenvalue weighted by molar-refractivity contribution is 5.97. The molecule has 0 bridgehead atoms. The summed E-state index contributed by atoms with van der Waals surface area (Å²) < 4.78 is 5.43. The first-order chi connectivity index (χ1) is 24.8. The fraction of sp³-hybridized carbons (Fsp3) is 0.605. The molecule has 0 aromatic heterocycles. The van der Waals surface area contributed by atoms with E-state index in [0.717, 1.165) is 24.0 Å². The molecule has 1 saturated heterocycles. The molecule has 9 nitrogen and oxygen atoms in total. The number of nitrogens with zero attached hydrogens (tertiary/aromatic N) is 1. The SMILES string of the molecule is CC(C)CC(NC(=O)[C@H](CCc1ccccc1)CC(=O)CN1CCOCC1)C(=O)C[C@@H](Cc1ccccc1)C(=O)NC(CC(C)C)C(=O)C1(C)CC1. The van der Waals surface area contributed by atoms with Gasteiger partial charge in [-0.05, 0) is 67.9 Å². The van der Waals surface area contributed by atoms with Gasteiger partial charge in [0.05, 0.1) is 31.8 Å². The highest BCUT2D eigenvalue weighted by Crippen LogP contribution is 2.47. The van der Waals surface area contributed by atoms with Crippen LogP contribution in [0.1, 0.15) is 90.7 Å². The second-order valence-corrected chi connectivity index (χ2v) is 16.2. The van der Waals surface area contributed by atoms with E-state index < -0.39 is 29.3 Å². The molecule has 2 aromatic rings. The van der Waals surface area contributed by atoms with Crippen LogP contribution in [-0.2, 0) is 41.6 Å². The van der Waals surface area contributed by atoms with E-state index in [1.807, 2.05) is 95.3 Å². The average Bonchev–Trinajstić information content (AvgIpc) is 3.87. The molecule has 1 saturated carbocycles. The van der Waals surface area contributed by atoms with Crippen LogP contribution >= 0.6 is 0 Å². The van der Waals surface area contributed by atoms with Crippen LogP contribution in [0.2, 0.25) is 0 Å². The number of morpholine rings is 1. The molecule has 4 atom stereocenters. The first-order valence-electron chi connectivity index (χ1n) is 19.4. The van der Waals surface area contributed by atoms with Gasteiger partial charge >= 0.3 is 0 Å². The maximum absolute atomic E-state index is 14.2. The smallest absolute Gasteiger partial charge is 0.224 e. The molecule has 2 amide bonds. The third-order valence-electron chi connectivity index (χ3n) is 10.5. The van der Waals surface area contributed by atoms with Gasteiger partial charge in [-0.25, -0.2) is 0 Å². The van der Waals surface area contributed by atoms with Crippen molar-refractivity contribution in [2.45, 2.75) is 104 Å². The van der Waals surface area contributed by atoms with E-state index in [-0.39, 0.29) is 60.4 Å². The van der Waals surface area contributed by atoms with Crippen molar-refractivity contribution in [1.82, 2.24) is 15.5 Å². The van der Waals surface area contributed by atoms with Crippen LogP contribution in [0.15, 0.2) is 60.7 Å². The number of rotatable bonds is 22. The van der Waals surface area contributed by atoms with E-state index in [1.54, 1.807) is 0 Å². The zero-order valence-electron chi connectivity index (χ0n) is 32.0. The molecule has 1 heterocycles. The van der Waals surface area contributed by atoms with E-state index in [1.165, 1.54) is 0 Å². The molecule has 9 heteroatoms. The van der Waals surface area contributed by atoms with Gasteiger partial charge in [-0.3, -0.25) is 28.9 Å². The third-order valence-corrected chi connectivity index (χ3v) is 10.5. The molecule has 1 aliphatic heterocycles. The number of nitrogens with one attached hydrogen (secondary N) is 2. The number of carbonyl (C=O) groups excluding carboxylic acids is 5. The van der Waals surface area contributed by atoms with Crippen LogP contribution in [0.3, 0.4) is 0 Å². The minimum atomic E-state index is -0.814. The summed E-state index contributed by atoms with van der Waals surface area (Å²) in [7, 11) is 0. The molecule has 52 heavy (non-hydrogen) atoms. The summed E-state index contributed by atoms with van der Waals surface area (Å²) in [4.78, 5) is 71.2. The lowest BCUT2D eigenvalue weighted by molar-refractivity contribution is -0.136. The predicted molar refractivity (Wildman–Crippen MR) is 204 cm³/mol. The summed E-state index contributed by atoms with van der Waals surface area (Å²) in [5.74, 6) is -1.83. The lowest BCUT2D eigenvalue weighted by atomic mass is 9.87. The van der Waals surface area contributed by atoms with Gasteiger partial charge in [0, 0.05) is 43.2 Å². The maximum Gasteiger partial charge on any atom is 0.224 e. The first kappa shape index (κ1) is 41.1. The number of carbonyl (C=O) groups is 5. The van der Waals surface area contributed by atoms with Crippen LogP contribution in [0, 0.1) is 29.1 Å². The second kappa shape index (κ2) is 20.0. The third kappa shape index (κ3) is 13.4. The average molecular weight is 716 g/mol. The lowest BCUT2D eigenvalue weighted by Crippen LogP contribution is -2.49. The molecule has 284 valence electrons. The molecule has 0 radical (unpaired) electrons. The second-order valence-electron chi connectivity index (χ2n) is 16.2. The Kier molecular flexibility index (Phi) is 15.8. The number of aryl methyl sites for hydroxylation is 1. The number of hydrogen-bond donors (Lipinski definition) is 2. The Hall–Kier alpha value is -3.69. The van der Waals surface area contributed by atoms with Gasteiger partial charge in [-0.15, -0.1) is 0 Å². The molecular formula is C43H61N3O6. The van der Waals surface area contributed by atoms with Gasteiger partial charge < -0.3 is 15.4 Å². The monoisotopic (exact) mass is 715 g/mol. The molecule has 0 spiro atoms. The number of Topliss-reactive ketones (excluding diaryl/α,β-unsaturated/α-hetero) is 3. The van der Waals surface area contributed by atoms with E-state index in [2.05, 4.69) is 15.5 Å². The highest BCUT2D eigenvalue weighted by atomic mass is 16.5. The molecular weight excluding hydrogens is 654 g/mol. The van der Waals surface area contributed by atoms with Gasteiger partial charge in [0.2, 0.25) is 11.8 Å². The topological polar surface area (TPSA) is 122 Å². The number of benzene rings is 2. The summed E-state index contributed by atoms with van der Waals surface area (Å²) in [6.07, 6.45) is 4.02. The largest absolute Gasteiger partial charge is 0.379 e. The fourth-order valence-corrected chi connectivity index (χ4v) is 7.08. The van der Waals surface area contributed by atoms with Crippen LogP contribution in [-0.4, -0.2) is 79.0 Å². The number of hydrogen-bond acceptors (Lipinski definition) is 7. The van der Waals surface area contributed by atoms with Crippen molar-refractivity contribution in [3.63, 3.8) is 0 Å². The molecule has 2 fully saturated rings. The molecule has 2 unspecified atom stereocenters. The van der Waals surface area contributed by atoms with Crippen LogP contribution in [0.4, 0.5) is 0 Å². The van der Waals surface area contributed by atoms with E-state index >= 15 is 0 Å². The van der Waals surface area contributed by atoms with E-state index in [4.69, 9.17) is 4.74 Å². The quantitative estimate of drug-likeness (QED) is 0.159. The van der Waals surface area contributed by atoms with E-state index in [0.29, 0.717) is 58.4 Å². The fourth-order valence-electron chi connectivity index (χ4n) is 7.08. The minimum absolute atomic E-state index is 0.00741. The Morgan fingerprint density at radius 3 is 1.85 bits per heavy atom. The highest BCUT2D eigenvalue weighted by Gasteiger charge is 2.48. The summed E-state index contributed by atoms with van der Waals surface area (Å²) in [6, 6.07) is 18.1. The molecule has 4 rings (SSSR count). The number of ether oxygens (including phenoxy) is 1. The van der Waals surface area contributed by atoms with Crippen LogP contribution in [0.25, 0.3) is 0 Å². The summed E-state index contributed by atoms with van der Waals surface area (Å²) in [6.45, 7) is 12.8. The standard InChI is InChI=1S/C43H61N3O6/c1-30(2)24-37(44-41(50)34(17-16-32-12-8-6-9-13-32)27-36(47)29-46-20-22-52-23-21-46)39(48)28-35(26-33-14-10-7-11-15-33)42(51)45-38(25-31(3)4)40(49)43(5)18-19-43/h6-15,30-31,34-35,37-38H,16-29H2,1-5H3,(H,44,50)(H,45,51)/t34-,35-,37?,38?/m1/s1. The molecule has 2 aliphatic rings. The van der Waals surface area contributed by atoms with Crippen LogP contribution in [0.5, 0.6) is 0 Å². The van der Waals surface area contributed by atoms with Gasteiger partial charge in [0.15, 0.2) is 11.6 Å². The predicted octanol–water partition coefficient (Wildman–Crippen LogP) is 5.78. The minimum Gasteiger partial charge on any atom is -0.379 e. The van der Waals surface area contributed by atoms with Gasteiger partial charge in [0.25, 0.3) is 0 Å². The summed E-state index contributed by atoms with van der Waals surface area (Å²) in [5, 5.41) is 6.12. The molecule has 2 aromatic carbocycles. The molecule has 1 aliphatic carbocycles. The number of ketones is 3. The van der Waals surface area contributed by atoms with Crippen molar-refractivity contribution in [3.8, 4) is 0 Å². The van der Waals surface area contributed by atoms with Crippen molar-refractivity contribution in [3.05, 3.63) is 71.8 Å². The summed E-state index contributed by atoms with van der Waals surface area (Å²) >= 11 is 0. The van der Waals surface area contributed by atoms with Crippen molar-refractivity contribution < 1.29 is 28.7 Å². The lowest BCUT2D eigenvalue weighted by Gasteiger charge is -2.28. The van der Waals surface area contributed by atoms with Gasteiger partial charge in [-0.2, -0.15) is 0 Å². The first-order valence-corrected chi connectivity index (χ1v) is 19.4.